The molecule has 4 aromatic rings. The molecular weight excluding hydrogens is 553 g/mol. The molecule has 2 aliphatic heterocycles. The SMILES string of the molecule is CC(=O)Nc1ccc(NC(=O)Nc2ccc(-c3nc(N4CCOCC4)c4ncc(C5C=NN(C)C5)cc4n3)cc2F)cc1. The molecule has 2 aliphatic rings. The monoisotopic (exact) mass is 583 g/mol. The number of carbonyl (C=O) groups excluding carboxylic acids is 2. The molecule has 1 unspecified atom stereocenters. The number of ether oxygens (including phenoxy) is 1. The van der Waals surface area contributed by atoms with Gasteiger partial charge in [0, 0.05) is 68.9 Å². The summed E-state index contributed by atoms with van der Waals surface area (Å²) >= 11 is 0. The summed E-state index contributed by atoms with van der Waals surface area (Å²) in [6.07, 6.45) is 3.74. The molecule has 4 heterocycles. The Kier molecular flexibility index (Phi) is 7.79. The third kappa shape index (κ3) is 6.36. The van der Waals surface area contributed by atoms with Crippen LogP contribution in [0.3, 0.4) is 0 Å². The predicted octanol–water partition coefficient (Wildman–Crippen LogP) is 4.28. The zero-order valence-electron chi connectivity index (χ0n) is 23.7. The Morgan fingerprint density at radius 3 is 2.40 bits per heavy atom. The summed E-state index contributed by atoms with van der Waals surface area (Å²) in [7, 11) is 1.92. The van der Waals surface area contributed by atoms with Crippen LogP contribution in [0.2, 0.25) is 0 Å². The first-order valence-electron chi connectivity index (χ1n) is 13.8. The zero-order chi connectivity index (χ0) is 29.9. The molecule has 2 aromatic carbocycles. The Balaban J connectivity index is 1.25. The number of benzene rings is 2. The largest absolute Gasteiger partial charge is 0.378 e. The number of pyridine rings is 1. The third-order valence-electron chi connectivity index (χ3n) is 7.12. The van der Waals surface area contributed by atoms with Gasteiger partial charge in [0.15, 0.2) is 11.6 Å². The average molecular weight is 584 g/mol. The van der Waals surface area contributed by atoms with Crippen molar-refractivity contribution in [1.82, 2.24) is 20.0 Å². The van der Waals surface area contributed by atoms with E-state index in [0.717, 1.165) is 12.1 Å². The van der Waals surface area contributed by atoms with E-state index in [1.54, 1.807) is 30.3 Å². The first-order chi connectivity index (χ1) is 20.8. The highest BCUT2D eigenvalue weighted by molar-refractivity contribution is 6.00. The fraction of sp³-hybridized carbons (Fsp3) is 0.267. The lowest BCUT2D eigenvalue weighted by Crippen LogP contribution is -2.37. The summed E-state index contributed by atoms with van der Waals surface area (Å²) in [5, 5.41) is 14.1. The number of rotatable bonds is 6. The van der Waals surface area contributed by atoms with E-state index in [1.165, 1.54) is 19.1 Å². The molecule has 0 spiro atoms. The number of nitrogens with one attached hydrogen (secondary N) is 3. The number of nitrogens with zero attached hydrogens (tertiary/aromatic N) is 6. The fourth-order valence-corrected chi connectivity index (χ4v) is 4.99. The van der Waals surface area contributed by atoms with Crippen molar-refractivity contribution in [2.75, 3.05) is 60.7 Å². The quantitative estimate of drug-likeness (QED) is 0.306. The van der Waals surface area contributed by atoms with Gasteiger partial charge < -0.3 is 25.6 Å². The first kappa shape index (κ1) is 28.0. The number of anilines is 4. The number of halogens is 1. The van der Waals surface area contributed by atoms with E-state index in [2.05, 4.69) is 26.0 Å². The highest BCUT2D eigenvalue weighted by Crippen LogP contribution is 2.31. The predicted molar refractivity (Wildman–Crippen MR) is 163 cm³/mol. The average Bonchev–Trinajstić information content (AvgIpc) is 3.44. The topological polar surface area (TPSA) is 137 Å². The molecule has 0 aliphatic carbocycles. The minimum Gasteiger partial charge on any atom is -0.378 e. The zero-order valence-corrected chi connectivity index (χ0v) is 23.7. The number of hydrogen-bond donors (Lipinski definition) is 3. The van der Waals surface area contributed by atoms with E-state index in [-0.39, 0.29) is 17.5 Å². The Morgan fingerprint density at radius 2 is 1.72 bits per heavy atom. The van der Waals surface area contributed by atoms with Crippen LogP contribution in [0.15, 0.2) is 59.8 Å². The molecule has 3 amide bonds. The van der Waals surface area contributed by atoms with Gasteiger partial charge >= 0.3 is 6.03 Å². The second-order valence-corrected chi connectivity index (χ2v) is 10.4. The number of fused-ring (bicyclic) bond motifs is 1. The van der Waals surface area contributed by atoms with Gasteiger partial charge in [-0.2, -0.15) is 5.10 Å². The van der Waals surface area contributed by atoms with Crippen molar-refractivity contribution in [2.45, 2.75) is 12.8 Å². The smallest absolute Gasteiger partial charge is 0.323 e. The van der Waals surface area contributed by atoms with Crippen LogP contribution in [0.5, 0.6) is 0 Å². The van der Waals surface area contributed by atoms with Crippen molar-refractivity contribution < 1.29 is 18.7 Å². The van der Waals surface area contributed by atoms with Crippen molar-refractivity contribution in [3.8, 4) is 11.4 Å². The molecular formula is C30H30FN9O3. The molecule has 6 rings (SSSR count). The van der Waals surface area contributed by atoms with Gasteiger partial charge in [-0.05, 0) is 54.1 Å². The van der Waals surface area contributed by atoms with E-state index in [1.807, 2.05) is 30.5 Å². The van der Waals surface area contributed by atoms with Gasteiger partial charge in [0.25, 0.3) is 0 Å². The molecule has 1 atom stereocenters. The number of urea groups is 1. The van der Waals surface area contributed by atoms with E-state index >= 15 is 4.39 Å². The highest BCUT2D eigenvalue weighted by Gasteiger charge is 2.22. The van der Waals surface area contributed by atoms with Crippen LogP contribution in [0, 0.1) is 5.82 Å². The van der Waals surface area contributed by atoms with Gasteiger partial charge in [-0.1, -0.05) is 0 Å². The normalized spacial score (nSPS) is 16.4. The van der Waals surface area contributed by atoms with E-state index in [4.69, 9.17) is 19.7 Å². The second kappa shape index (κ2) is 12.0. The lowest BCUT2D eigenvalue weighted by Gasteiger charge is -2.28. The summed E-state index contributed by atoms with van der Waals surface area (Å²) in [5.41, 5.74) is 3.84. The molecule has 220 valence electrons. The first-order valence-corrected chi connectivity index (χ1v) is 13.8. The van der Waals surface area contributed by atoms with Crippen LogP contribution in [0.1, 0.15) is 18.4 Å². The number of amides is 3. The second-order valence-electron chi connectivity index (χ2n) is 10.4. The molecule has 0 saturated carbocycles. The summed E-state index contributed by atoms with van der Waals surface area (Å²) in [6, 6.07) is 12.4. The lowest BCUT2D eigenvalue weighted by molar-refractivity contribution is -0.114. The lowest BCUT2D eigenvalue weighted by atomic mass is 10.0. The van der Waals surface area contributed by atoms with E-state index < -0.39 is 11.8 Å². The van der Waals surface area contributed by atoms with Crippen LogP contribution in [-0.2, 0) is 9.53 Å². The van der Waals surface area contributed by atoms with Crippen molar-refractivity contribution in [2.24, 2.45) is 5.10 Å². The van der Waals surface area contributed by atoms with Crippen LogP contribution in [-0.4, -0.2) is 78.0 Å². The summed E-state index contributed by atoms with van der Waals surface area (Å²) < 4.78 is 20.8. The van der Waals surface area contributed by atoms with Crippen LogP contribution in [0.25, 0.3) is 22.4 Å². The number of hydrogen-bond acceptors (Lipinski definition) is 9. The van der Waals surface area contributed by atoms with Crippen molar-refractivity contribution in [1.29, 1.82) is 0 Å². The van der Waals surface area contributed by atoms with Gasteiger partial charge in [-0.25, -0.2) is 19.2 Å². The van der Waals surface area contributed by atoms with Gasteiger partial charge in [-0.15, -0.1) is 0 Å². The summed E-state index contributed by atoms with van der Waals surface area (Å²) in [5.74, 6) is 0.272. The van der Waals surface area contributed by atoms with Gasteiger partial charge in [0.05, 0.1) is 24.4 Å². The van der Waals surface area contributed by atoms with E-state index in [9.17, 15) is 9.59 Å². The molecule has 43 heavy (non-hydrogen) atoms. The van der Waals surface area contributed by atoms with Crippen LogP contribution in [0.4, 0.5) is 32.1 Å². The van der Waals surface area contributed by atoms with Gasteiger partial charge in [0.1, 0.15) is 11.3 Å². The fourth-order valence-electron chi connectivity index (χ4n) is 4.99. The number of carbonyl (C=O) groups is 2. The maximum absolute atomic E-state index is 15.3. The standard InChI is InChI=1S/C30H30FN9O3/c1-18(41)34-22-4-6-23(7-5-22)35-30(42)37-25-8-3-19(13-24(25)31)28-36-26-14-20(21-16-33-39(2)17-21)15-32-27(26)29(38-28)40-9-11-43-12-10-40/h3-8,13-16,21H,9-12,17H2,1-2H3,(H,34,41)(H2,35,37,42). The number of morpholine rings is 1. The van der Waals surface area contributed by atoms with Crippen LogP contribution < -0.4 is 20.9 Å². The van der Waals surface area contributed by atoms with Gasteiger partial charge in [0.2, 0.25) is 5.91 Å². The van der Waals surface area contributed by atoms with Crippen molar-refractivity contribution >= 4 is 52.1 Å². The summed E-state index contributed by atoms with van der Waals surface area (Å²) in [6.45, 7) is 4.60. The maximum Gasteiger partial charge on any atom is 0.323 e. The molecule has 1 fully saturated rings. The molecule has 3 N–H and O–H groups in total. The molecule has 0 bridgehead atoms. The van der Waals surface area contributed by atoms with Crippen LogP contribution >= 0.6 is 0 Å². The Morgan fingerprint density at radius 1 is 0.977 bits per heavy atom. The minimum absolute atomic E-state index is 0.00102. The molecule has 2 aromatic heterocycles. The molecule has 1 saturated heterocycles. The Labute approximate surface area is 247 Å². The maximum atomic E-state index is 15.3. The molecule has 12 nitrogen and oxygen atoms in total. The molecule has 13 heteroatoms. The number of aromatic nitrogens is 3. The van der Waals surface area contributed by atoms with Crippen molar-refractivity contribution in [3.05, 3.63) is 66.1 Å². The van der Waals surface area contributed by atoms with Gasteiger partial charge in [-0.3, -0.25) is 14.8 Å². The Hall–Kier alpha value is -5.17. The minimum atomic E-state index is -0.637. The highest BCUT2D eigenvalue weighted by atomic mass is 19.1. The van der Waals surface area contributed by atoms with E-state index in [0.29, 0.717) is 65.9 Å². The summed E-state index contributed by atoms with van der Waals surface area (Å²) in [4.78, 5) is 40.2. The number of hydrazone groups is 1. The molecule has 0 radical (unpaired) electrons. The number of likely N-dealkylation sites (N-methyl/N-ethyl adjacent to an activating group) is 1. The third-order valence-corrected chi connectivity index (χ3v) is 7.12. The Bertz CT molecular complexity index is 1710. The van der Waals surface area contributed by atoms with Crippen molar-refractivity contribution in [3.63, 3.8) is 0 Å².